The highest BCUT2D eigenvalue weighted by molar-refractivity contribution is 5.89. The summed E-state index contributed by atoms with van der Waals surface area (Å²) in [4.78, 5) is 29.3. The Labute approximate surface area is 195 Å². The number of anilines is 3. The van der Waals surface area contributed by atoms with Crippen molar-refractivity contribution in [2.24, 2.45) is 17.6 Å². The number of primary amides is 1. The number of aromatic amines is 1. The maximum atomic E-state index is 11.4. The minimum absolute atomic E-state index is 0.0187. The molecule has 1 aliphatic rings. The zero-order chi connectivity index (χ0) is 24.1. The summed E-state index contributed by atoms with van der Waals surface area (Å²) >= 11 is 0. The van der Waals surface area contributed by atoms with Crippen LogP contribution in [0.2, 0.25) is 0 Å². The molecule has 1 saturated carbocycles. The Morgan fingerprint density at radius 3 is 2.52 bits per heavy atom. The molecule has 0 saturated heterocycles. The number of nitrogens with two attached hydrogens (primary N) is 1. The lowest BCUT2D eigenvalue weighted by atomic mass is 9.86. The minimum Gasteiger partial charge on any atom is -0.481 e. The average molecular weight is 457 g/mol. The quantitative estimate of drug-likeness (QED) is 0.419. The Morgan fingerprint density at radius 1 is 1.24 bits per heavy atom. The maximum absolute atomic E-state index is 11.4. The fourth-order valence-corrected chi connectivity index (χ4v) is 4.53. The van der Waals surface area contributed by atoms with Crippen LogP contribution in [0.15, 0.2) is 18.2 Å². The van der Waals surface area contributed by atoms with Crippen molar-refractivity contribution in [3.8, 4) is 0 Å². The van der Waals surface area contributed by atoms with E-state index >= 15 is 0 Å². The van der Waals surface area contributed by atoms with E-state index in [1.807, 2.05) is 19.1 Å². The van der Waals surface area contributed by atoms with E-state index in [4.69, 9.17) is 5.73 Å². The number of hydrogen-bond donors (Lipinski definition) is 4. The molecule has 1 aromatic carbocycles. The minimum atomic E-state index is -0.834. The summed E-state index contributed by atoms with van der Waals surface area (Å²) in [6, 6.07) is 6.49. The number of rotatable bonds is 10. The van der Waals surface area contributed by atoms with E-state index in [-0.39, 0.29) is 24.1 Å². The predicted octanol–water partition coefficient (Wildman–Crippen LogP) is 4.27. The maximum Gasteiger partial charge on any atom is 0.303 e. The number of benzene rings is 1. The van der Waals surface area contributed by atoms with Crippen molar-refractivity contribution in [1.82, 2.24) is 15.2 Å². The third kappa shape index (κ3) is 6.46. The van der Waals surface area contributed by atoms with E-state index in [9.17, 15) is 14.7 Å². The van der Waals surface area contributed by atoms with Gasteiger partial charge in [-0.1, -0.05) is 33.8 Å². The van der Waals surface area contributed by atoms with Crippen LogP contribution in [0.5, 0.6) is 0 Å². The van der Waals surface area contributed by atoms with Crippen molar-refractivity contribution in [2.45, 2.75) is 71.8 Å². The molecule has 0 spiro atoms. The lowest BCUT2D eigenvalue weighted by Crippen LogP contribution is -2.40. The van der Waals surface area contributed by atoms with Crippen LogP contribution in [0, 0.1) is 11.8 Å². The highest BCUT2D eigenvalue weighted by Gasteiger charge is 2.27. The molecule has 0 unspecified atom stereocenters. The summed E-state index contributed by atoms with van der Waals surface area (Å²) in [6.07, 6.45) is 4.73. The fraction of sp³-hybridized carbons (Fsp3) is 0.583. The molecule has 5 N–H and O–H groups in total. The highest BCUT2D eigenvalue weighted by atomic mass is 16.4. The lowest BCUT2D eigenvalue weighted by molar-refractivity contribution is -0.137. The van der Waals surface area contributed by atoms with Gasteiger partial charge in [0.1, 0.15) is 0 Å². The molecule has 1 atom stereocenters. The zero-order valence-corrected chi connectivity index (χ0v) is 20.0. The number of carbonyl (C=O) groups is 2. The van der Waals surface area contributed by atoms with Crippen LogP contribution < -0.4 is 16.0 Å². The van der Waals surface area contributed by atoms with Crippen molar-refractivity contribution < 1.29 is 14.7 Å². The number of H-pyrrole nitrogens is 1. The number of aromatic nitrogens is 3. The largest absolute Gasteiger partial charge is 0.481 e. The first kappa shape index (κ1) is 24.5. The predicted molar refractivity (Wildman–Crippen MR) is 129 cm³/mol. The molecule has 9 heteroatoms. The van der Waals surface area contributed by atoms with E-state index < -0.39 is 11.9 Å². The van der Waals surface area contributed by atoms with Crippen LogP contribution in [0.1, 0.15) is 81.9 Å². The third-order valence-electron chi connectivity index (χ3n) is 6.33. The van der Waals surface area contributed by atoms with Crippen molar-refractivity contribution in [1.29, 1.82) is 0 Å². The number of nitrogens with zero attached hydrogens (tertiary/aromatic N) is 3. The molecule has 1 heterocycles. The number of aliphatic carboxylic acids is 1. The number of carbonyl (C=O) groups excluding carboxylic acids is 1. The summed E-state index contributed by atoms with van der Waals surface area (Å²) < 4.78 is 0. The second-order valence-electron chi connectivity index (χ2n) is 9.73. The van der Waals surface area contributed by atoms with Crippen LogP contribution in [-0.4, -0.2) is 44.8 Å². The van der Waals surface area contributed by atoms with E-state index in [0.717, 1.165) is 42.2 Å². The van der Waals surface area contributed by atoms with Gasteiger partial charge in [-0.2, -0.15) is 4.98 Å². The second-order valence-corrected chi connectivity index (χ2v) is 9.73. The van der Waals surface area contributed by atoms with Gasteiger partial charge in [-0.3, -0.25) is 14.7 Å². The topological polar surface area (TPSA) is 137 Å². The molecule has 0 aliphatic heterocycles. The van der Waals surface area contributed by atoms with Gasteiger partial charge in [0.15, 0.2) is 0 Å². The Morgan fingerprint density at radius 2 is 1.94 bits per heavy atom. The summed E-state index contributed by atoms with van der Waals surface area (Å²) in [5, 5.41) is 19.1. The molecule has 3 rings (SSSR count). The van der Waals surface area contributed by atoms with Gasteiger partial charge in [-0.05, 0) is 61.1 Å². The molecule has 0 radical (unpaired) electrons. The first-order chi connectivity index (χ1) is 15.6. The molecule has 2 aromatic rings. The highest BCUT2D eigenvalue weighted by Crippen LogP contribution is 2.37. The van der Waals surface area contributed by atoms with E-state index in [1.54, 1.807) is 0 Å². The number of hydrogen-bond acceptors (Lipinski definition) is 6. The van der Waals surface area contributed by atoms with Gasteiger partial charge in [-0.15, -0.1) is 5.10 Å². The molecular formula is C24H36N6O3. The fourth-order valence-electron chi connectivity index (χ4n) is 4.53. The number of carboxylic acids is 1. The van der Waals surface area contributed by atoms with Crippen molar-refractivity contribution in [3.05, 3.63) is 29.6 Å². The Hall–Kier alpha value is -3.10. The van der Waals surface area contributed by atoms with Crippen LogP contribution in [0.25, 0.3) is 0 Å². The Kier molecular flexibility index (Phi) is 7.94. The van der Waals surface area contributed by atoms with E-state index in [2.05, 4.69) is 52.2 Å². The molecular weight excluding hydrogens is 420 g/mol. The molecule has 1 aliphatic carbocycles. The van der Waals surface area contributed by atoms with Gasteiger partial charge < -0.3 is 21.1 Å². The van der Waals surface area contributed by atoms with Crippen LogP contribution in [0.4, 0.5) is 17.3 Å². The summed E-state index contributed by atoms with van der Waals surface area (Å²) in [5.41, 5.74) is 8.04. The first-order valence-corrected chi connectivity index (χ1v) is 11.8. The van der Waals surface area contributed by atoms with Gasteiger partial charge in [0.2, 0.25) is 11.8 Å². The SMILES string of the molecule is CC(C)CN(c1ccc([C@H](C)CC(=O)O)cc1Nc1n[nH]c(C(N)=O)n1)[C@H]1CC[C@H](C)CC1. The van der Waals surface area contributed by atoms with Gasteiger partial charge in [-0.25, -0.2) is 0 Å². The number of carboxylic acid groups (broad SMARTS) is 1. The molecule has 1 fully saturated rings. The van der Waals surface area contributed by atoms with E-state index in [1.165, 1.54) is 12.8 Å². The van der Waals surface area contributed by atoms with Crippen LogP contribution in [-0.2, 0) is 4.79 Å². The number of amides is 1. The van der Waals surface area contributed by atoms with Crippen molar-refractivity contribution >= 4 is 29.2 Å². The standard InChI is InChI=1S/C24H36N6O3/c1-14(2)13-30(18-8-5-15(3)6-9-18)20-10-7-17(16(4)11-21(31)32)12-19(20)26-24-27-23(22(25)33)28-29-24/h7,10,12,14-16,18H,5-6,8-9,11,13H2,1-4H3,(H2,25,33)(H,31,32)(H2,26,27,28,29)/t15-,16-,18-/m1/s1. The molecule has 33 heavy (non-hydrogen) atoms. The van der Waals surface area contributed by atoms with Crippen molar-refractivity contribution in [2.75, 3.05) is 16.8 Å². The average Bonchev–Trinajstić information content (AvgIpc) is 3.21. The molecule has 1 aromatic heterocycles. The third-order valence-corrected chi connectivity index (χ3v) is 6.33. The van der Waals surface area contributed by atoms with Gasteiger partial charge >= 0.3 is 5.97 Å². The number of nitrogens with one attached hydrogen (secondary N) is 2. The molecule has 1 amide bonds. The van der Waals surface area contributed by atoms with Crippen LogP contribution in [0.3, 0.4) is 0 Å². The lowest BCUT2D eigenvalue weighted by Gasteiger charge is -2.40. The van der Waals surface area contributed by atoms with Gasteiger partial charge in [0.25, 0.3) is 5.91 Å². The van der Waals surface area contributed by atoms with E-state index in [0.29, 0.717) is 12.0 Å². The normalized spacial score (nSPS) is 19.3. The van der Waals surface area contributed by atoms with Crippen molar-refractivity contribution in [3.63, 3.8) is 0 Å². The Bertz CT molecular complexity index is 965. The molecule has 180 valence electrons. The van der Waals surface area contributed by atoms with Gasteiger partial charge in [0.05, 0.1) is 17.8 Å². The summed E-state index contributed by atoms with van der Waals surface area (Å²) in [6.45, 7) is 9.54. The summed E-state index contributed by atoms with van der Waals surface area (Å²) in [5.74, 6) is -0.229. The first-order valence-electron chi connectivity index (χ1n) is 11.8. The molecule has 0 bridgehead atoms. The smallest absolute Gasteiger partial charge is 0.303 e. The molecule has 9 nitrogen and oxygen atoms in total. The van der Waals surface area contributed by atoms with Crippen LogP contribution >= 0.6 is 0 Å². The monoisotopic (exact) mass is 456 g/mol. The summed E-state index contributed by atoms with van der Waals surface area (Å²) in [7, 11) is 0. The second kappa shape index (κ2) is 10.7. The Balaban J connectivity index is 2.00. The zero-order valence-electron chi connectivity index (χ0n) is 20.0. The van der Waals surface area contributed by atoms with Gasteiger partial charge in [0, 0.05) is 12.6 Å².